The van der Waals surface area contributed by atoms with E-state index < -0.39 is 6.04 Å². The highest BCUT2D eigenvalue weighted by Crippen LogP contribution is 2.24. The van der Waals surface area contributed by atoms with Gasteiger partial charge in [0.15, 0.2) is 0 Å². The SMILES string of the molecule is CC(C)C[C@H](N)C(=O)NC1CCN(Cc2ccc(Cl)c(Cl)c2)CC1.Cl.Cl. The van der Waals surface area contributed by atoms with E-state index >= 15 is 0 Å². The standard InChI is InChI=1S/C18H27Cl2N3O.2ClH/c1-12(2)9-17(21)18(24)22-14-5-7-23(8-6-14)11-13-3-4-15(19)16(20)10-13;;/h3-4,10,12,14,17H,5-9,11,21H2,1-2H3,(H,22,24);2*1H/t17-;;/m0../s1. The summed E-state index contributed by atoms with van der Waals surface area (Å²) in [6.45, 7) is 6.91. The van der Waals surface area contributed by atoms with Gasteiger partial charge in [-0.3, -0.25) is 9.69 Å². The van der Waals surface area contributed by atoms with Crippen molar-refractivity contribution in [1.29, 1.82) is 0 Å². The molecule has 8 heteroatoms. The molecule has 1 aromatic carbocycles. The lowest BCUT2D eigenvalue weighted by atomic mass is 10.0. The summed E-state index contributed by atoms with van der Waals surface area (Å²) in [6.07, 6.45) is 2.62. The van der Waals surface area contributed by atoms with Crippen LogP contribution in [0, 0.1) is 5.92 Å². The molecule has 0 unspecified atom stereocenters. The predicted octanol–water partition coefficient (Wildman–Crippen LogP) is 4.29. The number of nitrogens with two attached hydrogens (primary N) is 1. The molecule has 1 fully saturated rings. The molecule has 0 aromatic heterocycles. The zero-order valence-corrected chi connectivity index (χ0v) is 18.4. The van der Waals surface area contributed by atoms with Crippen molar-refractivity contribution in [2.45, 2.75) is 51.7 Å². The number of rotatable bonds is 6. The maximum Gasteiger partial charge on any atom is 0.237 e. The molecule has 1 amide bonds. The number of nitrogens with one attached hydrogen (secondary N) is 1. The number of benzene rings is 1. The van der Waals surface area contributed by atoms with Gasteiger partial charge in [0.1, 0.15) is 0 Å². The van der Waals surface area contributed by atoms with E-state index in [1.807, 2.05) is 18.2 Å². The van der Waals surface area contributed by atoms with Crippen LogP contribution in [0.25, 0.3) is 0 Å². The van der Waals surface area contributed by atoms with Crippen LogP contribution in [0.15, 0.2) is 18.2 Å². The minimum atomic E-state index is -0.403. The van der Waals surface area contributed by atoms with Crippen molar-refractivity contribution >= 4 is 53.9 Å². The van der Waals surface area contributed by atoms with Crippen LogP contribution < -0.4 is 11.1 Å². The fraction of sp³-hybridized carbons (Fsp3) is 0.611. The van der Waals surface area contributed by atoms with Crippen LogP contribution in [-0.4, -0.2) is 36.0 Å². The van der Waals surface area contributed by atoms with Gasteiger partial charge in [-0.05, 0) is 42.9 Å². The van der Waals surface area contributed by atoms with E-state index in [2.05, 4.69) is 24.1 Å². The Morgan fingerprint density at radius 3 is 2.38 bits per heavy atom. The second kappa shape index (κ2) is 12.3. The van der Waals surface area contributed by atoms with Gasteiger partial charge in [-0.25, -0.2) is 0 Å². The molecule has 1 atom stereocenters. The highest BCUT2D eigenvalue weighted by molar-refractivity contribution is 6.42. The van der Waals surface area contributed by atoms with Gasteiger partial charge in [-0.1, -0.05) is 43.1 Å². The van der Waals surface area contributed by atoms with Crippen molar-refractivity contribution in [3.8, 4) is 0 Å². The molecule has 1 saturated heterocycles. The smallest absolute Gasteiger partial charge is 0.237 e. The number of hydrogen-bond donors (Lipinski definition) is 2. The lowest BCUT2D eigenvalue weighted by Gasteiger charge is -2.33. The lowest BCUT2D eigenvalue weighted by molar-refractivity contribution is -0.123. The maximum absolute atomic E-state index is 12.1. The minimum absolute atomic E-state index is 0. The van der Waals surface area contributed by atoms with Crippen molar-refractivity contribution < 1.29 is 4.79 Å². The van der Waals surface area contributed by atoms with Crippen LogP contribution in [0.2, 0.25) is 10.0 Å². The first-order valence-electron chi connectivity index (χ1n) is 8.57. The lowest BCUT2D eigenvalue weighted by Crippen LogP contribution is -2.49. The molecule has 4 nitrogen and oxygen atoms in total. The number of halogens is 4. The van der Waals surface area contributed by atoms with E-state index in [-0.39, 0.29) is 36.8 Å². The fourth-order valence-corrected chi connectivity index (χ4v) is 3.38. The Balaban J connectivity index is 0.00000312. The third-order valence-electron chi connectivity index (χ3n) is 4.39. The summed E-state index contributed by atoms with van der Waals surface area (Å²) in [5, 5.41) is 4.27. The van der Waals surface area contributed by atoms with Gasteiger partial charge in [-0.2, -0.15) is 0 Å². The van der Waals surface area contributed by atoms with Gasteiger partial charge in [-0.15, -0.1) is 24.8 Å². The van der Waals surface area contributed by atoms with Crippen molar-refractivity contribution in [1.82, 2.24) is 10.2 Å². The number of likely N-dealkylation sites (tertiary alicyclic amines) is 1. The Kier molecular flexibility index (Phi) is 12.2. The van der Waals surface area contributed by atoms with E-state index in [0.29, 0.717) is 16.0 Å². The molecule has 0 saturated carbocycles. The second-order valence-corrected chi connectivity index (χ2v) is 7.86. The third kappa shape index (κ3) is 8.20. The molecule has 0 bridgehead atoms. The van der Waals surface area contributed by atoms with Crippen LogP contribution in [0.4, 0.5) is 0 Å². The molecule has 0 spiro atoms. The van der Waals surface area contributed by atoms with Crippen LogP contribution in [0.3, 0.4) is 0 Å². The van der Waals surface area contributed by atoms with E-state index in [9.17, 15) is 4.79 Å². The maximum atomic E-state index is 12.1. The highest BCUT2D eigenvalue weighted by atomic mass is 35.5. The summed E-state index contributed by atoms with van der Waals surface area (Å²) in [5.74, 6) is 0.408. The summed E-state index contributed by atoms with van der Waals surface area (Å²) in [4.78, 5) is 14.5. The van der Waals surface area contributed by atoms with Crippen molar-refractivity contribution in [2.24, 2.45) is 11.7 Å². The molecule has 1 heterocycles. The van der Waals surface area contributed by atoms with Gasteiger partial charge in [0.2, 0.25) is 5.91 Å². The Bertz CT molecular complexity index is 563. The highest BCUT2D eigenvalue weighted by Gasteiger charge is 2.23. The number of hydrogen-bond acceptors (Lipinski definition) is 3. The minimum Gasteiger partial charge on any atom is -0.352 e. The second-order valence-electron chi connectivity index (χ2n) is 7.04. The van der Waals surface area contributed by atoms with Crippen molar-refractivity contribution in [2.75, 3.05) is 13.1 Å². The van der Waals surface area contributed by atoms with Crippen molar-refractivity contribution in [3.63, 3.8) is 0 Å². The van der Waals surface area contributed by atoms with Gasteiger partial charge < -0.3 is 11.1 Å². The number of nitrogens with zero attached hydrogens (tertiary/aromatic N) is 1. The topological polar surface area (TPSA) is 58.4 Å². The Morgan fingerprint density at radius 1 is 1.23 bits per heavy atom. The van der Waals surface area contributed by atoms with Crippen LogP contribution in [0.1, 0.15) is 38.7 Å². The van der Waals surface area contributed by atoms with E-state index in [4.69, 9.17) is 28.9 Å². The van der Waals surface area contributed by atoms with Crippen molar-refractivity contribution in [3.05, 3.63) is 33.8 Å². The number of carbonyl (C=O) groups excluding carboxylic acids is 1. The average molecular weight is 445 g/mol. The molecule has 150 valence electrons. The van der Waals surface area contributed by atoms with Crippen LogP contribution in [-0.2, 0) is 11.3 Å². The number of carbonyl (C=O) groups is 1. The zero-order valence-electron chi connectivity index (χ0n) is 15.2. The summed E-state index contributed by atoms with van der Waals surface area (Å²) in [6, 6.07) is 5.58. The predicted molar refractivity (Wildman–Crippen MR) is 115 cm³/mol. The molecule has 0 radical (unpaired) electrons. The largest absolute Gasteiger partial charge is 0.352 e. The van der Waals surface area contributed by atoms with Gasteiger partial charge in [0.05, 0.1) is 16.1 Å². The molecule has 26 heavy (non-hydrogen) atoms. The zero-order chi connectivity index (χ0) is 17.7. The number of piperidine rings is 1. The monoisotopic (exact) mass is 443 g/mol. The molecule has 2 rings (SSSR count). The summed E-state index contributed by atoms with van der Waals surface area (Å²) in [7, 11) is 0. The Morgan fingerprint density at radius 2 is 1.85 bits per heavy atom. The molecular formula is C18H29Cl4N3O. The first-order chi connectivity index (χ1) is 11.3. The molecule has 1 aliphatic heterocycles. The molecular weight excluding hydrogens is 416 g/mol. The summed E-state index contributed by atoms with van der Waals surface area (Å²) < 4.78 is 0. The van der Waals surface area contributed by atoms with Crippen LogP contribution >= 0.6 is 48.0 Å². The first-order valence-corrected chi connectivity index (χ1v) is 9.33. The van der Waals surface area contributed by atoms with E-state index in [1.54, 1.807) is 0 Å². The van der Waals surface area contributed by atoms with Gasteiger partial charge >= 0.3 is 0 Å². The normalized spacial score (nSPS) is 16.5. The fourth-order valence-electron chi connectivity index (χ4n) is 3.05. The summed E-state index contributed by atoms with van der Waals surface area (Å²) >= 11 is 12.0. The molecule has 1 aromatic rings. The van der Waals surface area contributed by atoms with Gasteiger partial charge in [0, 0.05) is 25.7 Å². The Labute approximate surface area is 179 Å². The molecule has 1 aliphatic rings. The Hall–Kier alpha value is -0.230. The van der Waals surface area contributed by atoms with E-state index in [0.717, 1.165) is 44.5 Å². The van der Waals surface area contributed by atoms with E-state index in [1.165, 1.54) is 0 Å². The average Bonchev–Trinajstić information content (AvgIpc) is 2.52. The van der Waals surface area contributed by atoms with Gasteiger partial charge in [0.25, 0.3) is 0 Å². The summed E-state index contributed by atoms with van der Waals surface area (Å²) in [5.41, 5.74) is 7.10. The number of amides is 1. The molecule has 0 aliphatic carbocycles. The third-order valence-corrected chi connectivity index (χ3v) is 5.13. The quantitative estimate of drug-likeness (QED) is 0.687. The first kappa shape index (κ1) is 25.8. The molecule has 3 N–H and O–H groups in total. The van der Waals surface area contributed by atoms with Crippen LogP contribution in [0.5, 0.6) is 0 Å².